The molecule has 2 aromatic carbocycles. The molecule has 0 fully saturated rings. The molecule has 0 spiro atoms. The average Bonchev–Trinajstić information content (AvgIpc) is 2.69. The van der Waals surface area contributed by atoms with E-state index in [2.05, 4.69) is 18.9 Å². The Morgan fingerprint density at radius 3 is 2.39 bits per heavy atom. The van der Waals surface area contributed by atoms with Crippen LogP contribution in [0.15, 0.2) is 65.5 Å². The van der Waals surface area contributed by atoms with Gasteiger partial charge < -0.3 is 5.11 Å². The number of non-ortho nitro benzene ring substituents is 1. The van der Waals surface area contributed by atoms with Crippen LogP contribution < -0.4 is 5.56 Å². The number of nitro groups is 1. The summed E-state index contributed by atoms with van der Waals surface area (Å²) >= 11 is 0. The second-order valence-electron chi connectivity index (χ2n) is 6.88. The van der Waals surface area contributed by atoms with Gasteiger partial charge in [-0.25, -0.2) is 4.68 Å². The Morgan fingerprint density at radius 2 is 1.75 bits per heavy atom. The third kappa shape index (κ3) is 4.32. The maximum Gasteiger partial charge on any atom is 0.270 e. The number of benzene rings is 2. The normalized spacial score (nSPS) is 12.1. The van der Waals surface area contributed by atoms with Crippen molar-refractivity contribution >= 4 is 5.69 Å². The summed E-state index contributed by atoms with van der Waals surface area (Å²) in [7, 11) is 0. The number of hydrogen-bond acceptors (Lipinski definition) is 5. The molecular weight excluding hydrogens is 358 g/mol. The molecule has 0 bridgehead atoms. The first-order valence-corrected chi connectivity index (χ1v) is 8.96. The van der Waals surface area contributed by atoms with Crippen molar-refractivity contribution in [2.45, 2.75) is 32.4 Å². The number of rotatable bonds is 6. The van der Waals surface area contributed by atoms with E-state index in [0.717, 1.165) is 0 Å². The molecule has 28 heavy (non-hydrogen) atoms. The molecule has 1 N–H and O–H groups in total. The number of hydrogen-bond donors (Lipinski definition) is 1. The van der Waals surface area contributed by atoms with E-state index in [9.17, 15) is 20.0 Å². The summed E-state index contributed by atoms with van der Waals surface area (Å²) in [6.07, 6.45) is -0.897. The summed E-state index contributed by atoms with van der Waals surface area (Å²) in [6, 6.07) is 16.5. The maximum atomic E-state index is 12.2. The fraction of sp³-hybridized carbons (Fsp3) is 0.238. The SMILES string of the molecule is CC(C)c1ccc(C(O)Cn2nc(-c3cccc([N+](=O)[O-])c3)ccc2=O)cc1. The van der Waals surface area contributed by atoms with Gasteiger partial charge in [0.2, 0.25) is 0 Å². The quantitative estimate of drug-likeness (QED) is 0.520. The first-order chi connectivity index (χ1) is 13.3. The third-order valence-corrected chi connectivity index (χ3v) is 4.55. The van der Waals surface area contributed by atoms with Crippen LogP contribution in [0.2, 0.25) is 0 Å². The van der Waals surface area contributed by atoms with Crippen LogP contribution in [0.4, 0.5) is 5.69 Å². The summed E-state index contributed by atoms with van der Waals surface area (Å²) in [5, 5.41) is 25.8. The number of nitrogens with zero attached hydrogens (tertiary/aromatic N) is 3. The molecule has 1 unspecified atom stereocenters. The molecule has 7 nitrogen and oxygen atoms in total. The van der Waals surface area contributed by atoms with Gasteiger partial charge in [0.15, 0.2) is 0 Å². The predicted octanol–water partition coefficient (Wildman–Crippen LogP) is 3.68. The molecule has 1 aromatic heterocycles. The number of aliphatic hydroxyl groups excluding tert-OH is 1. The lowest BCUT2D eigenvalue weighted by Crippen LogP contribution is -2.25. The van der Waals surface area contributed by atoms with Gasteiger partial charge in [-0.05, 0) is 23.1 Å². The summed E-state index contributed by atoms with van der Waals surface area (Å²) < 4.78 is 1.18. The smallest absolute Gasteiger partial charge is 0.270 e. The second-order valence-corrected chi connectivity index (χ2v) is 6.88. The summed E-state index contributed by atoms with van der Waals surface area (Å²) in [5.41, 5.74) is 2.40. The summed E-state index contributed by atoms with van der Waals surface area (Å²) in [4.78, 5) is 22.7. The lowest BCUT2D eigenvalue weighted by molar-refractivity contribution is -0.384. The van der Waals surface area contributed by atoms with Gasteiger partial charge in [-0.1, -0.05) is 50.2 Å². The molecule has 0 aliphatic rings. The van der Waals surface area contributed by atoms with Crippen LogP contribution in [0.3, 0.4) is 0 Å². The first kappa shape index (κ1) is 19.4. The molecule has 1 atom stereocenters. The van der Waals surface area contributed by atoms with Gasteiger partial charge in [0.05, 0.1) is 23.3 Å². The van der Waals surface area contributed by atoms with Crippen molar-refractivity contribution in [1.29, 1.82) is 0 Å². The van der Waals surface area contributed by atoms with Crippen molar-refractivity contribution in [2.75, 3.05) is 0 Å². The van der Waals surface area contributed by atoms with E-state index in [1.807, 2.05) is 24.3 Å². The van der Waals surface area contributed by atoms with Crippen molar-refractivity contribution in [3.05, 3.63) is 92.3 Å². The van der Waals surface area contributed by atoms with Gasteiger partial charge in [0.1, 0.15) is 0 Å². The maximum absolute atomic E-state index is 12.2. The molecule has 0 amide bonds. The lowest BCUT2D eigenvalue weighted by Gasteiger charge is -2.14. The zero-order valence-electron chi connectivity index (χ0n) is 15.6. The highest BCUT2D eigenvalue weighted by Crippen LogP contribution is 2.22. The van der Waals surface area contributed by atoms with Gasteiger partial charge in [-0.2, -0.15) is 5.10 Å². The van der Waals surface area contributed by atoms with Crippen LogP contribution in [-0.2, 0) is 6.54 Å². The van der Waals surface area contributed by atoms with Crippen molar-refractivity contribution < 1.29 is 10.0 Å². The second kappa shape index (κ2) is 8.14. The average molecular weight is 379 g/mol. The molecule has 0 aliphatic heterocycles. The largest absolute Gasteiger partial charge is 0.386 e. The Morgan fingerprint density at radius 1 is 1.07 bits per heavy atom. The van der Waals surface area contributed by atoms with Gasteiger partial charge >= 0.3 is 0 Å². The van der Waals surface area contributed by atoms with E-state index < -0.39 is 11.0 Å². The fourth-order valence-corrected chi connectivity index (χ4v) is 2.88. The zero-order valence-corrected chi connectivity index (χ0v) is 15.6. The van der Waals surface area contributed by atoms with E-state index >= 15 is 0 Å². The van der Waals surface area contributed by atoms with Crippen molar-refractivity contribution in [2.24, 2.45) is 0 Å². The van der Waals surface area contributed by atoms with Crippen LogP contribution >= 0.6 is 0 Å². The monoisotopic (exact) mass is 379 g/mol. The van der Waals surface area contributed by atoms with Crippen molar-refractivity contribution in [1.82, 2.24) is 9.78 Å². The highest BCUT2D eigenvalue weighted by Gasteiger charge is 2.13. The Kier molecular flexibility index (Phi) is 5.65. The van der Waals surface area contributed by atoms with Crippen LogP contribution in [-0.4, -0.2) is 19.8 Å². The number of aliphatic hydroxyl groups is 1. The Hall–Kier alpha value is -3.32. The predicted molar refractivity (Wildman–Crippen MR) is 106 cm³/mol. The van der Waals surface area contributed by atoms with E-state index in [-0.39, 0.29) is 17.8 Å². The molecule has 0 aliphatic carbocycles. The fourth-order valence-electron chi connectivity index (χ4n) is 2.88. The molecule has 144 valence electrons. The molecule has 0 saturated carbocycles. The molecule has 7 heteroatoms. The van der Waals surface area contributed by atoms with Crippen molar-refractivity contribution in [3.63, 3.8) is 0 Å². The molecule has 0 radical (unpaired) electrons. The van der Waals surface area contributed by atoms with Crippen LogP contribution in [0.25, 0.3) is 11.3 Å². The number of nitro benzene ring substituents is 1. The van der Waals surface area contributed by atoms with Gasteiger partial charge in [-0.3, -0.25) is 14.9 Å². The Balaban J connectivity index is 1.86. The first-order valence-electron chi connectivity index (χ1n) is 8.96. The molecule has 3 aromatic rings. The van der Waals surface area contributed by atoms with E-state index in [4.69, 9.17) is 0 Å². The van der Waals surface area contributed by atoms with E-state index in [0.29, 0.717) is 22.7 Å². The summed E-state index contributed by atoms with van der Waals surface area (Å²) in [6.45, 7) is 4.17. The standard InChI is InChI=1S/C21H21N3O4/c1-14(2)15-6-8-16(9-7-15)20(25)13-23-21(26)11-10-19(22-23)17-4-3-5-18(12-17)24(27)28/h3-12,14,20,25H,13H2,1-2H3. The minimum Gasteiger partial charge on any atom is -0.386 e. The Bertz CT molecular complexity index is 1040. The lowest BCUT2D eigenvalue weighted by atomic mass is 10.00. The van der Waals surface area contributed by atoms with E-state index in [1.165, 1.54) is 34.5 Å². The topological polar surface area (TPSA) is 98.3 Å². The third-order valence-electron chi connectivity index (χ3n) is 4.55. The van der Waals surface area contributed by atoms with Gasteiger partial charge in [0.25, 0.3) is 11.2 Å². The van der Waals surface area contributed by atoms with Gasteiger partial charge in [0, 0.05) is 23.8 Å². The van der Waals surface area contributed by atoms with Crippen LogP contribution in [0.1, 0.15) is 37.0 Å². The number of aromatic nitrogens is 2. The van der Waals surface area contributed by atoms with Crippen molar-refractivity contribution in [3.8, 4) is 11.3 Å². The van der Waals surface area contributed by atoms with Crippen LogP contribution in [0.5, 0.6) is 0 Å². The van der Waals surface area contributed by atoms with E-state index in [1.54, 1.807) is 12.1 Å². The zero-order chi connectivity index (χ0) is 20.3. The molecule has 3 rings (SSSR count). The molecular formula is C21H21N3O4. The minimum absolute atomic E-state index is 0.0113. The highest BCUT2D eigenvalue weighted by molar-refractivity contribution is 5.61. The Labute approximate surface area is 162 Å². The van der Waals surface area contributed by atoms with Crippen LogP contribution in [0, 0.1) is 10.1 Å². The van der Waals surface area contributed by atoms with Gasteiger partial charge in [-0.15, -0.1) is 0 Å². The molecule has 0 saturated heterocycles. The summed E-state index contributed by atoms with van der Waals surface area (Å²) in [5.74, 6) is 0.391. The minimum atomic E-state index is -0.897. The molecule has 1 heterocycles. The highest BCUT2D eigenvalue weighted by atomic mass is 16.6.